The first-order valence-electron chi connectivity index (χ1n) is 12.7. The van der Waals surface area contributed by atoms with Gasteiger partial charge >= 0.3 is 0 Å². The van der Waals surface area contributed by atoms with Gasteiger partial charge in [-0.05, 0) is 51.2 Å². The molecule has 2 fully saturated rings. The summed E-state index contributed by atoms with van der Waals surface area (Å²) in [5.74, 6) is -1.24. The third-order valence-corrected chi connectivity index (χ3v) is 8.86. The molecule has 1 aromatic rings. The van der Waals surface area contributed by atoms with Gasteiger partial charge in [0.05, 0.1) is 52.5 Å². The number of carbonyl (C=O) groups excluding carboxylic acids is 2. The average molecular weight is 507 g/mol. The number of epoxide rings is 1. The van der Waals surface area contributed by atoms with Crippen LogP contribution in [0.15, 0.2) is 11.0 Å². The number of hydrogen-bond donors (Lipinski definition) is 3. The van der Waals surface area contributed by atoms with Crippen molar-refractivity contribution in [1.29, 1.82) is 0 Å². The Balaban J connectivity index is 1.85. The van der Waals surface area contributed by atoms with Gasteiger partial charge in [0.25, 0.3) is 0 Å². The lowest BCUT2D eigenvalue weighted by Crippen LogP contribution is -2.47. The minimum Gasteiger partial charge on any atom is -0.392 e. The minimum atomic E-state index is -1.17. The molecule has 0 aliphatic carbocycles. The summed E-state index contributed by atoms with van der Waals surface area (Å²) < 4.78 is 6.10. The number of ether oxygens (including phenoxy) is 1. The van der Waals surface area contributed by atoms with Gasteiger partial charge in [0.1, 0.15) is 5.78 Å². The van der Waals surface area contributed by atoms with Crippen molar-refractivity contribution in [3.8, 4) is 0 Å². The van der Waals surface area contributed by atoms with Gasteiger partial charge in [-0.2, -0.15) is 0 Å². The minimum absolute atomic E-state index is 0.0170. The topological polar surface area (TPSA) is 112 Å². The van der Waals surface area contributed by atoms with Gasteiger partial charge in [-0.25, -0.2) is 4.98 Å². The predicted molar refractivity (Wildman–Crippen MR) is 138 cm³/mol. The number of aliphatic hydroxyl groups excluding tert-OH is 2. The SMILES string of the molecule is C/C(=C\c1csc(C)n1)C1CC2O[C@]2(C)CCC[C@H](C)[C@H](O)[C@@H](C)C(=O)C(C)(C)[C@@H](O)CC(=O)N1. The average Bonchev–Trinajstić information content (AvgIpc) is 3.22. The number of carbonyl (C=O) groups is 2. The molecule has 35 heavy (non-hydrogen) atoms. The summed E-state index contributed by atoms with van der Waals surface area (Å²) >= 11 is 1.58. The number of Topliss-reactive ketones (excluding diaryl/α,β-unsaturated/α-hetero) is 1. The molecule has 7 atom stereocenters. The lowest BCUT2D eigenvalue weighted by Gasteiger charge is -2.34. The molecule has 2 unspecified atom stereocenters. The fourth-order valence-corrected chi connectivity index (χ4v) is 5.76. The number of nitrogens with zero attached hydrogens (tertiary/aromatic N) is 1. The van der Waals surface area contributed by atoms with Gasteiger partial charge in [0.2, 0.25) is 5.91 Å². The fourth-order valence-electron chi connectivity index (χ4n) is 5.19. The maximum atomic E-state index is 13.2. The van der Waals surface area contributed by atoms with E-state index in [1.807, 2.05) is 32.2 Å². The number of fused-ring (bicyclic) bond motifs is 1. The van der Waals surface area contributed by atoms with Crippen LogP contribution >= 0.6 is 11.3 Å². The molecule has 1 aromatic heterocycles. The first-order valence-corrected chi connectivity index (χ1v) is 13.6. The zero-order chi connectivity index (χ0) is 26.1. The second-order valence-corrected chi connectivity index (χ2v) is 12.5. The van der Waals surface area contributed by atoms with Crippen molar-refractivity contribution in [3.63, 3.8) is 0 Å². The van der Waals surface area contributed by atoms with Crippen molar-refractivity contribution in [2.45, 2.75) is 111 Å². The van der Waals surface area contributed by atoms with Crippen molar-refractivity contribution in [3.05, 3.63) is 21.7 Å². The van der Waals surface area contributed by atoms with Crippen LogP contribution in [0.4, 0.5) is 0 Å². The molecule has 2 aliphatic heterocycles. The molecule has 7 nitrogen and oxygen atoms in total. The van der Waals surface area contributed by atoms with Crippen LogP contribution in [0.5, 0.6) is 0 Å². The molecule has 1 amide bonds. The number of amides is 1. The van der Waals surface area contributed by atoms with Crippen molar-refractivity contribution in [2.75, 3.05) is 0 Å². The molecule has 0 bridgehead atoms. The normalized spacial score (nSPS) is 37.5. The van der Waals surface area contributed by atoms with Gasteiger partial charge in [0, 0.05) is 17.7 Å². The van der Waals surface area contributed by atoms with E-state index in [4.69, 9.17) is 4.74 Å². The molecule has 3 rings (SSSR count). The number of ketones is 1. The van der Waals surface area contributed by atoms with Gasteiger partial charge < -0.3 is 20.3 Å². The molecule has 2 saturated heterocycles. The molecule has 3 N–H and O–H groups in total. The molecule has 0 radical (unpaired) electrons. The Kier molecular flexibility index (Phi) is 8.62. The molecule has 196 valence electrons. The summed E-state index contributed by atoms with van der Waals surface area (Å²) in [5, 5.41) is 27.8. The number of thiazole rings is 1. The third kappa shape index (κ3) is 6.59. The van der Waals surface area contributed by atoms with Crippen LogP contribution in [0.3, 0.4) is 0 Å². The van der Waals surface area contributed by atoms with E-state index in [0.717, 1.165) is 35.5 Å². The molecular formula is C27H42N2O5S. The Bertz CT molecular complexity index is 957. The first kappa shape index (κ1) is 28.0. The third-order valence-electron chi connectivity index (χ3n) is 8.07. The lowest BCUT2D eigenvalue weighted by atomic mass is 9.72. The van der Waals surface area contributed by atoms with Crippen LogP contribution in [0.1, 0.15) is 84.3 Å². The lowest BCUT2D eigenvalue weighted by molar-refractivity contribution is -0.143. The monoisotopic (exact) mass is 506 g/mol. The molecule has 8 heteroatoms. The van der Waals surface area contributed by atoms with Gasteiger partial charge in [-0.1, -0.05) is 34.1 Å². The van der Waals surface area contributed by atoms with Crippen LogP contribution in [-0.4, -0.2) is 56.8 Å². The Morgan fingerprint density at radius 2 is 1.94 bits per heavy atom. The van der Waals surface area contributed by atoms with Crippen LogP contribution in [0.25, 0.3) is 6.08 Å². The number of aromatic nitrogens is 1. The van der Waals surface area contributed by atoms with E-state index in [1.54, 1.807) is 32.1 Å². The summed E-state index contributed by atoms with van der Waals surface area (Å²) in [5.41, 5.74) is 0.410. The highest BCUT2D eigenvalue weighted by Crippen LogP contribution is 2.44. The Hall–Kier alpha value is -1.61. The van der Waals surface area contributed by atoms with Crippen molar-refractivity contribution in [2.24, 2.45) is 17.3 Å². The second-order valence-electron chi connectivity index (χ2n) is 11.4. The van der Waals surface area contributed by atoms with Gasteiger partial charge in [-0.3, -0.25) is 9.59 Å². The standard InChI is InChI=1S/C27H42N2O5S/c1-15-9-8-10-27(7)22(34-27)12-20(16(2)11-19-14-35-18(4)28-19)29-23(31)13-21(30)26(5,6)25(33)17(3)24(15)32/h11,14-15,17,20-22,24,30,32H,8-10,12-13H2,1-7H3,(H,29,31)/b16-11+/t15-,17+,20?,21-,22?,24-,27+/m0/s1. The zero-order valence-corrected chi connectivity index (χ0v) is 22.9. The Morgan fingerprint density at radius 1 is 1.26 bits per heavy atom. The largest absolute Gasteiger partial charge is 0.392 e. The molecule has 0 spiro atoms. The first-order chi connectivity index (χ1) is 16.2. The summed E-state index contributed by atoms with van der Waals surface area (Å²) in [6.45, 7) is 13.0. The van der Waals surface area contributed by atoms with E-state index < -0.39 is 23.5 Å². The fraction of sp³-hybridized carbons (Fsp3) is 0.741. The van der Waals surface area contributed by atoms with E-state index in [1.165, 1.54) is 0 Å². The van der Waals surface area contributed by atoms with E-state index in [9.17, 15) is 19.8 Å². The zero-order valence-electron chi connectivity index (χ0n) is 22.1. The molecular weight excluding hydrogens is 464 g/mol. The van der Waals surface area contributed by atoms with E-state index in [-0.39, 0.29) is 41.8 Å². The summed E-state index contributed by atoms with van der Waals surface area (Å²) in [6.07, 6.45) is 2.99. The highest BCUT2D eigenvalue weighted by molar-refractivity contribution is 7.09. The molecule has 0 aromatic carbocycles. The van der Waals surface area contributed by atoms with E-state index >= 15 is 0 Å². The Labute approximate surface area is 213 Å². The predicted octanol–water partition coefficient (Wildman–Crippen LogP) is 4.05. The second kappa shape index (κ2) is 10.8. The van der Waals surface area contributed by atoms with Crippen LogP contribution < -0.4 is 5.32 Å². The van der Waals surface area contributed by atoms with Crippen LogP contribution in [0, 0.1) is 24.2 Å². The smallest absolute Gasteiger partial charge is 0.223 e. The van der Waals surface area contributed by atoms with Gasteiger partial charge in [0.15, 0.2) is 0 Å². The number of aliphatic hydroxyl groups is 2. The highest BCUT2D eigenvalue weighted by atomic mass is 32.1. The summed E-state index contributed by atoms with van der Waals surface area (Å²) in [7, 11) is 0. The van der Waals surface area contributed by atoms with Gasteiger partial charge in [-0.15, -0.1) is 11.3 Å². The van der Waals surface area contributed by atoms with E-state index in [0.29, 0.717) is 6.42 Å². The number of aryl methyl sites for hydroxylation is 1. The molecule has 2 aliphatic rings. The summed E-state index contributed by atoms with van der Waals surface area (Å²) in [6, 6.07) is -0.269. The quantitative estimate of drug-likeness (QED) is 0.522. The maximum absolute atomic E-state index is 13.2. The van der Waals surface area contributed by atoms with Crippen LogP contribution in [0.2, 0.25) is 0 Å². The summed E-state index contributed by atoms with van der Waals surface area (Å²) in [4.78, 5) is 30.8. The van der Waals surface area contributed by atoms with Crippen LogP contribution in [-0.2, 0) is 14.3 Å². The molecule has 0 saturated carbocycles. The van der Waals surface area contributed by atoms with Crippen molar-refractivity contribution in [1.82, 2.24) is 10.3 Å². The number of rotatable bonds is 2. The highest BCUT2D eigenvalue weighted by Gasteiger charge is 2.52. The van der Waals surface area contributed by atoms with Crippen molar-refractivity contribution >= 4 is 29.1 Å². The maximum Gasteiger partial charge on any atom is 0.223 e. The Morgan fingerprint density at radius 3 is 2.57 bits per heavy atom. The number of nitrogens with one attached hydrogen (secondary N) is 1. The van der Waals surface area contributed by atoms with E-state index in [2.05, 4.69) is 17.2 Å². The van der Waals surface area contributed by atoms with Crippen molar-refractivity contribution < 1.29 is 24.5 Å². The number of hydrogen-bond acceptors (Lipinski definition) is 7. The molecule has 3 heterocycles.